The van der Waals surface area contributed by atoms with Crippen molar-refractivity contribution in [2.75, 3.05) is 11.9 Å². The van der Waals surface area contributed by atoms with Gasteiger partial charge in [-0.1, -0.05) is 24.3 Å². The van der Waals surface area contributed by atoms with Crippen molar-refractivity contribution in [3.8, 4) is 17.1 Å². The number of hydrogen-bond donors (Lipinski definition) is 2. The second kappa shape index (κ2) is 9.01. The summed E-state index contributed by atoms with van der Waals surface area (Å²) in [5, 5.41) is 11.0. The van der Waals surface area contributed by atoms with E-state index in [0.717, 1.165) is 18.9 Å². The maximum absolute atomic E-state index is 13.7. The number of fused-ring (bicyclic) bond motifs is 3. The van der Waals surface area contributed by atoms with Crippen LogP contribution >= 0.6 is 0 Å². The minimum atomic E-state index is -4.69. The average Bonchev–Trinajstić information content (AvgIpc) is 3.19. The monoisotopic (exact) mass is 488 g/mol. The number of carbonyl (C=O) groups is 1. The molecule has 0 aliphatic carbocycles. The smallest absolute Gasteiger partial charge is 0.428 e. The van der Waals surface area contributed by atoms with Crippen molar-refractivity contribution >= 4 is 28.4 Å². The van der Waals surface area contributed by atoms with Crippen molar-refractivity contribution in [2.24, 2.45) is 0 Å². The molecule has 2 aromatic heterocycles. The summed E-state index contributed by atoms with van der Waals surface area (Å²) in [5.41, 5.74) is 0.917. The van der Waals surface area contributed by atoms with Crippen LogP contribution < -0.4 is 15.4 Å². The number of anilines is 1. The van der Waals surface area contributed by atoms with Crippen molar-refractivity contribution in [3.05, 3.63) is 48.5 Å². The highest BCUT2D eigenvalue weighted by molar-refractivity contribution is 5.93. The van der Waals surface area contributed by atoms with E-state index >= 15 is 0 Å². The van der Waals surface area contributed by atoms with Crippen LogP contribution in [0.2, 0.25) is 0 Å². The van der Waals surface area contributed by atoms with Crippen LogP contribution in [0.3, 0.4) is 0 Å². The highest BCUT2D eigenvalue weighted by Crippen LogP contribution is 2.35. The molecule has 0 saturated carbocycles. The first kappa shape index (κ1) is 22.8. The van der Waals surface area contributed by atoms with Crippen LogP contribution in [-0.4, -0.2) is 50.6 Å². The Labute approximate surface area is 196 Å². The fourth-order valence-electron chi connectivity index (χ4n) is 3.93. The van der Waals surface area contributed by atoms with Crippen molar-refractivity contribution < 1.29 is 27.1 Å². The molecule has 1 atom stereocenters. The van der Waals surface area contributed by atoms with Crippen LogP contribution in [0.5, 0.6) is 5.75 Å². The molecule has 2 N–H and O–H groups in total. The molecule has 0 radical (unpaired) electrons. The lowest BCUT2D eigenvalue weighted by Gasteiger charge is -2.18. The molecule has 1 aliphatic heterocycles. The molecule has 5 rings (SSSR count). The van der Waals surface area contributed by atoms with Crippen LogP contribution in [-0.2, 0) is 4.79 Å². The third-order valence-corrected chi connectivity index (χ3v) is 5.65. The lowest BCUT2D eigenvalue weighted by atomic mass is 10.1. The van der Waals surface area contributed by atoms with Crippen molar-refractivity contribution in [1.29, 1.82) is 0 Å². The molecular formula is C23H20F4N6O2. The second-order valence-electron chi connectivity index (χ2n) is 8.07. The lowest BCUT2D eigenvalue weighted by Crippen LogP contribution is -2.38. The molecule has 0 spiro atoms. The Morgan fingerprint density at radius 2 is 1.86 bits per heavy atom. The van der Waals surface area contributed by atoms with Gasteiger partial charge in [-0.05, 0) is 43.5 Å². The summed E-state index contributed by atoms with van der Waals surface area (Å²) in [7, 11) is 0. The fourth-order valence-corrected chi connectivity index (χ4v) is 3.93. The predicted molar refractivity (Wildman–Crippen MR) is 120 cm³/mol. The fraction of sp³-hybridized carbons (Fsp3) is 0.304. The van der Waals surface area contributed by atoms with E-state index in [-0.39, 0.29) is 23.2 Å². The summed E-state index contributed by atoms with van der Waals surface area (Å²) < 4.78 is 58.5. The maximum Gasteiger partial charge on any atom is 0.461 e. The van der Waals surface area contributed by atoms with E-state index < -0.39 is 24.3 Å². The SMILES string of the molecule is O=C1NCCCC[C@H]1Nc1nc2ccccc2c2nc(-c3ccccc3OC(F)(F)C(F)F)nn12. The van der Waals surface area contributed by atoms with Gasteiger partial charge in [0.1, 0.15) is 11.8 Å². The molecule has 3 heterocycles. The molecule has 0 bridgehead atoms. The van der Waals surface area contributed by atoms with Crippen molar-refractivity contribution in [3.63, 3.8) is 0 Å². The number of carbonyl (C=O) groups excluding carboxylic acids is 1. The van der Waals surface area contributed by atoms with E-state index in [2.05, 4.69) is 30.4 Å². The Morgan fingerprint density at radius 3 is 2.69 bits per heavy atom. The molecule has 182 valence electrons. The summed E-state index contributed by atoms with van der Waals surface area (Å²) in [6, 6.07) is 12.0. The number of amides is 1. The molecule has 0 unspecified atom stereocenters. The molecule has 1 aliphatic rings. The first-order chi connectivity index (χ1) is 16.8. The summed E-state index contributed by atoms with van der Waals surface area (Å²) in [6.45, 7) is 0.588. The zero-order chi connectivity index (χ0) is 24.6. The zero-order valence-corrected chi connectivity index (χ0v) is 18.2. The van der Waals surface area contributed by atoms with Crippen LogP contribution in [0.15, 0.2) is 48.5 Å². The highest BCUT2D eigenvalue weighted by atomic mass is 19.3. The third-order valence-electron chi connectivity index (χ3n) is 5.65. The topological polar surface area (TPSA) is 93.4 Å². The van der Waals surface area contributed by atoms with Gasteiger partial charge in [-0.3, -0.25) is 4.79 Å². The van der Waals surface area contributed by atoms with Gasteiger partial charge >= 0.3 is 12.5 Å². The number of aromatic nitrogens is 4. The van der Waals surface area contributed by atoms with Crippen LogP contribution in [0, 0.1) is 0 Å². The summed E-state index contributed by atoms with van der Waals surface area (Å²) in [4.78, 5) is 21.6. The van der Waals surface area contributed by atoms with Gasteiger partial charge in [0, 0.05) is 11.9 Å². The minimum absolute atomic E-state index is 0.00114. The Balaban J connectivity index is 1.63. The van der Waals surface area contributed by atoms with E-state index in [1.165, 1.54) is 22.7 Å². The molecule has 8 nitrogen and oxygen atoms in total. The number of benzene rings is 2. The van der Waals surface area contributed by atoms with Crippen molar-refractivity contribution in [2.45, 2.75) is 37.8 Å². The second-order valence-corrected chi connectivity index (χ2v) is 8.07. The van der Waals surface area contributed by atoms with Gasteiger partial charge in [-0.15, -0.1) is 5.10 Å². The van der Waals surface area contributed by atoms with Gasteiger partial charge in [-0.2, -0.15) is 22.1 Å². The number of nitrogens with one attached hydrogen (secondary N) is 2. The molecule has 1 saturated heterocycles. The van der Waals surface area contributed by atoms with Gasteiger partial charge in [0.2, 0.25) is 11.9 Å². The van der Waals surface area contributed by atoms with E-state index in [0.29, 0.717) is 29.5 Å². The average molecular weight is 488 g/mol. The van der Waals surface area contributed by atoms with E-state index in [4.69, 9.17) is 0 Å². The Morgan fingerprint density at radius 1 is 1.09 bits per heavy atom. The quantitative estimate of drug-likeness (QED) is 0.394. The van der Waals surface area contributed by atoms with Crippen LogP contribution in [0.1, 0.15) is 19.3 Å². The lowest BCUT2D eigenvalue weighted by molar-refractivity contribution is -0.253. The van der Waals surface area contributed by atoms with Gasteiger partial charge in [0.15, 0.2) is 11.5 Å². The van der Waals surface area contributed by atoms with E-state index in [1.807, 2.05) is 0 Å². The molecular weight excluding hydrogens is 468 g/mol. The zero-order valence-electron chi connectivity index (χ0n) is 18.2. The Bertz CT molecular complexity index is 1390. The summed E-state index contributed by atoms with van der Waals surface area (Å²) >= 11 is 0. The number of halogens is 4. The number of para-hydroxylation sites is 2. The summed E-state index contributed by atoms with van der Waals surface area (Å²) in [5.74, 6) is -0.462. The van der Waals surface area contributed by atoms with Crippen molar-refractivity contribution in [1.82, 2.24) is 24.9 Å². The molecule has 35 heavy (non-hydrogen) atoms. The number of hydrogen-bond acceptors (Lipinski definition) is 6. The number of ether oxygens (including phenoxy) is 1. The molecule has 1 fully saturated rings. The largest absolute Gasteiger partial charge is 0.461 e. The van der Waals surface area contributed by atoms with E-state index in [1.54, 1.807) is 24.3 Å². The van der Waals surface area contributed by atoms with Crippen LogP contribution in [0.4, 0.5) is 23.5 Å². The van der Waals surface area contributed by atoms with E-state index in [9.17, 15) is 22.4 Å². The van der Waals surface area contributed by atoms with Gasteiger partial charge in [0.05, 0.1) is 11.1 Å². The number of nitrogens with zero attached hydrogens (tertiary/aromatic N) is 4. The first-order valence-electron chi connectivity index (χ1n) is 11.0. The molecule has 4 aromatic rings. The number of rotatable bonds is 6. The first-order valence-corrected chi connectivity index (χ1v) is 11.0. The minimum Gasteiger partial charge on any atom is -0.428 e. The molecule has 1 amide bonds. The highest BCUT2D eigenvalue weighted by Gasteiger charge is 2.44. The molecule has 2 aromatic carbocycles. The Kier molecular flexibility index (Phi) is 5.87. The normalized spacial score (nSPS) is 16.9. The third kappa shape index (κ3) is 4.43. The summed E-state index contributed by atoms with van der Waals surface area (Å²) in [6.07, 6.45) is -6.43. The van der Waals surface area contributed by atoms with Gasteiger partial charge < -0.3 is 15.4 Å². The number of alkyl halides is 4. The predicted octanol–water partition coefficient (Wildman–Crippen LogP) is 4.26. The Hall–Kier alpha value is -3.96. The standard InChI is InChI=1S/C23H20F4N6O2/c24-21(25)23(26,27)35-17-11-4-2-8-14(17)18-31-19-13-7-1-3-9-15(13)29-22(33(19)32-18)30-16-10-5-6-12-28-20(16)34/h1-4,7-9,11,16,21H,5-6,10,12H2,(H,28,34)(H,29,30)/t16-/m1/s1. The maximum atomic E-state index is 13.7. The van der Waals surface area contributed by atoms with Gasteiger partial charge in [-0.25, -0.2) is 9.97 Å². The van der Waals surface area contributed by atoms with Gasteiger partial charge in [0.25, 0.3) is 0 Å². The molecule has 12 heteroatoms. The van der Waals surface area contributed by atoms with Crippen LogP contribution in [0.25, 0.3) is 27.9 Å².